The second kappa shape index (κ2) is 12.7. The Morgan fingerprint density at radius 3 is 0.935 bits per heavy atom. The molecule has 0 fully saturated rings. The van der Waals surface area contributed by atoms with Crippen molar-refractivity contribution in [2.75, 3.05) is 0 Å². The molecule has 0 unspecified atom stereocenters. The molecule has 0 aliphatic heterocycles. The summed E-state index contributed by atoms with van der Waals surface area (Å²) in [5.74, 6) is 0. The van der Waals surface area contributed by atoms with E-state index in [4.69, 9.17) is 0 Å². The van der Waals surface area contributed by atoms with Gasteiger partial charge >= 0.3 is 0 Å². The molecule has 0 bridgehead atoms. The molecule has 286 valence electrons. The van der Waals surface area contributed by atoms with Crippen molar-refractivity contribution < 1.29 is 0 Å². The standard InChI is InChI=1S/C60H36N2/c1-3-15-49(16-4-1)61-55-25-23-41(33-51(55)53-31-37-11-7-9-13-39(37)35-57(53)61)47-27-43-19-21-45-29-48(30-46-22-20-44(28-47)59(43)60(45)46)42-24-26-56-52(34-42)54-32-38-12-8-10-14-40(38)36-58(54)62(56)50-17-5-2-6-18-50/h1-36H. The first-order valence-electron chi connectivity index (χ1n) is 21.5. The van der Waals surface area contributed by atoms with E-state index in [0.29, 0.717) is 0 Å². The minimum Gasteiger partial charge on any atom is -0.309 e. The van der Waals surface area contributed by atoms with Gasteiger partial charge in [0, 0.05) is 32.9 Å². The molecule has 0 amide bonds. The van der Waals surface area contributed by atoms with Crippen molar-refractivity contribution in [3.8, 4) is 33.6 Å². The van der Waals surface area contributed by atoms with Crippen molar-refractivity contribution in [3.05, 3.63) is 218 Å². The molecule has 0 atom stereocenters. The largest absolute Gasteiger partial charge is 0.309 e. The lowest BCUT2D eigenvalue weighted by Crippen LogP contribution is -1.93. The van der Waals surface area contributed by atoms with Crippen LogP contribution in [0.4, 0.5) is 0 Å². The Labute approximate surface area is 357 Å². The molecule has 14 aromatic rings. The van der Waals surface area contributed by atoms with Crippen LogP contribution in [0.25, 0.3) is 131 Å². The van der Waals surface area contributed by atoms with Gasteiger partial charge in [-0.3, -0.25) is 0 Å². The quantitative estimate of drug-likeness (QED) is 0.157. The summed E-state index contributed by atoms with van der Waals surface area (Å²) in [5, 5.41) is 17.8. The Morgan fingerprint density at radius 2 is 0.548 bits per heavy atom. The maximum atomic E-state index is 2.42. The summed E-state index contributed by atoms with van der Waals surface area (Å²) < 4.78 is 4.83. The van der Waals surface area contributed by atoms with Crippen molar-refractivity contribution in [1.82, 2.24) is 9.13 Å². The molecule has 2 heteroatoms. The Kier molecular flexibility index (Phi) is 6.86. The third-order valence-electron chi connectivity index (χ3n) is 13.5. The summed E-state index contributed by atoms with van der Waals surface area (Å²) >= 11 is 0. The molecule has 0 saturated heterocycles. The molecule has 62 heavy (non-hydrogen) atoms. The van der Waals surface area contributed by atoms with Crippen molar-refractivity contribution in [3.63, 3.8) is 0 Å². The Hall–Kier alpha value is -8.20. The van der Waals surface area contributed by atoms with Gasteiger partial charge in [0.25, 0.3) is 0 Å². The number of para-hydroxylation sites is 2. The number of hydrogen-bond acceptors (Lipinski definition) is 0. The molecule has 0 aliphatic rings. The number of fused-ring (bicyclic) bond motifs is 8. The predicted molar refractivity (Wildman–Crippen MR) is 265 cm³/mol. The second-order valence-electron chi connectivity index (χ2n) is 17.0. The van der Waals surface area contributed by atoms with Crippen LogP contribution >= 0.6 is 0 Å². The van der Waals surface area contributed by atoms with E-state index in [1.807, 2.05) is 0 Å². The summed E-state index contributed by atoms with van der Waals surface area (Å²) in [6, 6.07) is 81.2. The Balaban J connectivity index is 0.912. The van der Waals surface area contributed by atoms with E-state index in [1.165, 1.54) is 131 Å². The highest BCUT2D eigenvalue weighted by Crippen LogP contribution is 2.43. The summed E-state index contributed by atoms with van der Waals surface area (Å²) in [4.78, 5) is 0. The fourth-order valence-corrected chi connectivity index (χ4v) is 10.7. The maximum absolute atomic E-state index is 2.42. The average Bonchev–Trinajstić information content (AvgIpc) is 3.82. The molecule has 12 aromatic carbocycles. The number of rotatable bonds is 4. The summed E-state index contributed by atoms with van der Waals surface area (Å²) in [5.41, 5.74) is 12.1. The number of benzene rings is 12. The van der Waals surface area contributed by atoms with Gasteiger partial charge in [-0.2, -0.15) is 0 Å². The van der Waals surface area contributed by atoms with Crippen LogP contribution in [0.2, 0.25) is 0 Å². The highest BCUT2D eigenvalue weighted by atomic mass is 15.0. The first kappa shape index (κ1) is 33.6. The zero-order valence-electron chi connectivity index (χ0n) is 33.7. The second-order valence-corrected chi connectivity index (χ2v) is 17.0. The molecule has 2 nitrogen and oxygen atoms in total. The van der Waals surface area contributed by atoms with E-state index < -0.39 is 0 Å². The van der Waals surface area contributed by atoms with Gasteiger partial charge in [-0.15, -0.1) is 0 Å². The molecule has 0 aliphatic carbocycles. The van der Waals surface area contributed by atoms with Gasteiger partial charge in [-0.05, 0) is 173 Å². The zero-order chi connectivity index (χ0) is 40.5. The molecule has 14 rings (SSSR count). The van der Waals surface area contributed by atoms with Crippen LogP contribution in [0.3, 0.4) is 0 Å². The monoisotopic (exact) mass is 784 g/mol. The fraction of sp³-hybridized carbons (Fsp3) is 0. The number of nitrogens with zero attached hydrogens (tertiary/aromatic N) is 2. The topological polar surface area (TPSA) is 9.86 Å². The van der Waals surface area contributed by atoms with Crippen LogP contribution in [-0.4, -0.2) is 9.13 Å². The fourth-order valence-electron chi connectivity index (χ4n) is 10.7. The molecule has 0 spiro atoms. The SMILES string of the molecule is c1ccc(-n2c3ccc(-c4cc5ccc6cc(-c7ccc8c(c7)c7cc9ccccc9cc7n8-c7ccccc7)cc7ccc(c4)c5c67)cc3c3cc4ccccc4cc32)cc1. The normalized spacial score (nSPS) is 12.2. The zero-order valence-corrected chi connectivity index (χ0v) is 33.7. The van der Waals surface area contributed by atoms with Crippen LogP contribution in [0.15, 0.2) is 218 Å². The maximum Gasteiger partial charge on any atom is 0.0547 e. The number of aromatic nitrogens is 2. The average molecular weight is 785 g/mol. The van der Waals surface area contributed by atoms with Gasteiger partial charge in [-0.1, -0.05) is 121 Å². The minimum absolute atomic E-state index is 1.17. The van der Waals surface area contributed by atoms with Gasteiger partial charge in [0.05, 0.1) is 22.1 Å². The highest BCUT2D eigenvalue weighted by Gasteiger charge is 2.18. The molecule has 0 radical (unpaired) electrons. The van der Waals surface area contributed by atoms with E-state index >= 15 is 0 Å². The summed E-state index contributed by atoms with van der Waals surface area (Å²) in [6.07, 6.45) is 0. The lowest BCUT2D eigenvalue weighted by Gasteiger charge is -2.15. The Morgan fingerprint density at radius 1 is 0.210 bits per heavy atom. The highest BCUT2D eigenvalue weighted by molar-refractivity contribution is 6.25. The van der Waals surface area contributed by atoms with E-state index in [0.717, 1.165) is 0 Å². The van der Waals surface area contributed by atoms with Gasteiger partial charge in [0.2, 0.25) is 0 Å². The predicted octanol–water partition coefficient (Wildman–Crippen LogP) is 16.4. The van der Waals surface area contributed by atoms with E-state index in [2.05, 4.69) is 228 Å². The first-order valence-corrected chi connectivity index (χ1v) is 21.5. The molecule has 2 heterocycles. The summed E-state index contributed by atoms with van der Waals surface area (Å²) in [6.45, 7) is 0. The van der Waals surface area contributed by atoms with Crippen LogP contribution in [0.5, 0.6) is 0 Å². The third kappa shape index (κ3) is 4.86. The third-order valence-corrected chi connectivity index (χ3v) is 13.5. The molecule has 0 N–H and O–H groups in total. The van der Waals surface area contributed by atoms with Crippen molar-refractivity contribution in [2.24, 2.45) is 0 Å². The van der Waals surface area contributed by atoms with Crippen molar-refractivity contribution in [1.29, 1.82) is 0 Å². The van der Waals surface area contributed by atoms with Gasteiger partial charge in [-0.25, -0.2) is 0 Å². The Bertz CT molecular complexity index is 3800. The van der Waals surface area contributed by atoms with Crippen LogP contribution in [0, 0.1) is 0 Å². The molecule has 0 saturated carbocycles. The van der Waals surface area contributed by atoms with Crippen molar-refractivity contribution in [2.45, 2.75) is 0 Å². The lowest BCUT2D eigenvalue weighted by molar-refractivity contribution is 1.18. The van der Waals surface area contributed by atoms with Gasteiger partial charge < -0.3 is 9.13 Å². The van der Waals surface area contributed by atoms with E-state index in [9.17, 15) is 0 Å². The first-order chi connectivity index (χ1) is 30.7. The van der Waals surface area contributed by atoms with Crippen LogP contribution < -0.4 is 0 Å². The molecular weight excluding hydrogens is 749 g/mol. The minimum atomic E-state index is 1.17. The number of hydrogen-bond donors (Lipinski definition) is 0. The van der Waals surface area contributed by atoms with E-state index in [-0.39, 0.29) is 0 Å². The van der Waals surface area contributed by atoms with Gasteiger partial charge in [0.15, 0.2) is 0 Å². The van der Waals surface area contributed by atoms with Crippen LogP contribution in [0.1, 0.15) is 0 Å². The van der Waals surface area contributed by atoms with E-state index in [1.54, 1.807) is 0 Å². The molecule has 2 aromatic heterocycles. The lowest BCUT2D eigenvalue weighted by atomic mass is 9.89. The smallest absolute Gasteiger partial charge is 0.0547 e. The van der Waals surface area contributed by atoms with Gasteiger partial charge in [0.1, 0.15) is 0 Å². The molecular formula is C60H36N2. The summed E-state index contributed by atoms with van der Waals surface area (Å²) in [7, 11) is 0. The van der Waals surface area contributed by atoms with Crippen LogP contribution in [-0.2, 0) is 0 Å². The van der Waals surface area contributed by atoms with Crippen molar-refractivity contribution >= 4 is 97.5 Å².